The van der Waals surface area contributed by atoms with Crippen LogP contribution in [-0.4, -0.2) is 28.4 Å². The predicted octanol–water partition coefficient (Wildman–Crippen LogP) is 2.04. The lowest BCUT2D eigenvalue weighted by atomic mass is 10.1. The van der Waals surface area contributed by atoms with Crippen LogP contribution in [0.2, 0.25) is 0 Å². The molecule has 0 aromatic carbocycles. The van der Waals surface area contributed by atoms with Crippen LogP contribution in [-0.2, 0) is 11.3 Å². The number of carboxylic acids is 1. The topological polar surface area (TPSA) is 70.8 Å². The lowest BCUT2D eigenvalue weighted by Gasteiger charge is -2.15. The van der Waals surface area contributed by atoms with E-state index in [1.807, 2.05) is 0 Å². The Morgan fingerprint density at radius 2 is 2.33 bits per heavy atom. The second kappa shape index (κ2) is 4.84. The standard InChI is InChI=1S/C13H17NO4/c1-3-9-4-12(15)14(6-9)7-10-5-11(13(16)17)18-8(10)2/h5,9H,3-4,6-7H2,1-2H3,(H,16,17). The number of amides is 1. The normalized spacial score (nSPS) is 19.6. The first-order valence-electron chi connectivity index (χ1n) is 6.11. The Bertz CT molecular complexity index is 477. The lowest BCUT2D eigenvalue weighted by Crippen LogP contribution is -2.24. The average Bonchev–Trinajstić information content (AvgIpc) is 2.85. The van der Waals surface area contributed by atoms with Gasteiger partial charge in [-0.1, -0.05) is 13.3 Å². The van der Waals surface area contributed by atoms with Gasteiger partial charge in [0.25, 0.3) is 0 Å². The van der Waals surface area contributed by atoms with Gasteiger partial charge in [-0.25, -0.2) is 4.79 Å². The largest absolute Gasteiger partial charge is 0.475 e. The minimum atomic E-state index is -1.08. The Balaban J connectivity index is 2.10. The van der Waals surface area contributed by atoms with E-state index in [1.54, 1.807) is 11.8 Å². The van der Waals surface area contributed by atoms with Crippen molar-refractivity contribution in [1.29, 1.82) is 0 Å². The van der Waals surface area contributed by atoms with Crippen molar-refractivity contribution in [2.75, 3.05) is 6.54 Å². The Labute approximate surface area is 105 Å². The highest BCUT2D eigenvalue weighted by Gasteiger charge is 2.29. The van der Waals surface area contributed by atoms with Gasteiger partial charge in [0.1, 0.15) is 5.76 Å². The van der Waals surface area contributed by atoms with Crippen molar-refractivity contribution >= 4 is 11.9 Å². The zero-order valence-corrected chi connectivity index (χ0v) is 10.6. The lowest BCUT2D eigenvalue weighted by molar-refractivity contribution is -0.128. The van der Waals surface area contributed by atoms with E-state index in [1.165, 1.54) is 6.07 Å². The van der Waals surface area contributed by atoms with Gasteiger partial charge >= 0.3 is 5.97 Å². The van der Waals surface area contributed by atoms with Crippen molar-refractivity contribution in [3.63, 3.8) is 0 Å². The summed E-state index contributed by atoms with van der Waals surface area (Å²) >= 11 is 0. The van der Waals surface area contributed by atoms with Crippen molar-refractivity contribution < 1.29 is 19.1 Å². The number of furan rings is 1. The third-order valence-electron chi connectivity index (χ3n) is 3.46. The number of hydrogen-bond donors (Lipinski definition) is 1. The van der Waals surface area contributed by atoms with Gasteiger partial charge in [-0.15, -0.1) is 0 Å². The van der Waals surface area contributed by atoms with Crippen molar-refractivity contribution in [3.8, 4) is 0 Å². The van der Waals surface area contributed by atoms with E-state index in [0.717, 1.165) is 18.5 Å². The Morgan fingerprint density at radius 1 is 1.61 bits per heavy atom. The molecule has 1 aliphatic heterocycles. The van der Waals surface area contributed by atoms with E-state index in [2.05, 4.69) is 6.92 Å². The van der Waals surface area contributed by atoms with Crippen LogP contribution in [0.5, 0.6) is 0 Å². The zero-order valence-electron chi connectivity index (χ0n) is 10.6. The summed E-state index contributed by atoms with van der Waals surface area (Å²) in [6.45, 7) is 4.99. The van der Waals surface area contributed by atoms with Gasteiger partial charge < -0.3 is 14.4 Å². The number of aryl methyl sites for hydroxylation is 1. The second-order valence-corrected chi connectivity index (χ2v) is 4.75. The van der Waals surface area contributed by atoms with Crippen LogP contribution < -0.4 is 0 Å². The van der Waals surface area contributed by atoms with Crippen molar-refractivity contribution in [2.24, 2.45) is 5.92 Å². The molecule has 1 unspecified atom stereocenters. The number of aromatic carboxylic acids is 1. The number of carbonyl (C=O) groups excluding carboxylic acids is 1. The number of carboxylic acid groups (broad SMARTS) is 1. The van der Waals surface area contributed by atoms with Crippen LogP contribution in [0.3, 0.4) is 0 Å². The van der Waals surface area contributed by atoms with Crippen LogP contribution in [0.25, 0.3) is 0 Å². The van der Waals surface area contributed by atoms with Gasteiger partial charge in [0.2, 0.25) is 11.7 Å². The number of carbonyl (C=O) groups is 2. The molecule has 1 saturated heterocycles. The number of rotatable bonds is 4. The summed E-state index contributed by atoms with van der Waals surface area (Å²) in [4.78, 5) is 24.3. The molecular formula is C13H17NO4. The average molecular weight is 251 g/mol. The first-order valence-corrected chi connectivity index (χ1v) is 6.11. The van der Waals surface area contributed by atoms with Crippen molar-refractivity contribution in [2.45, 2.75) is 33.2 Å². The molecule has 0 bridgehead atoms. The third-order valence-corrected chi connectivity index (χ3v) is 3.46. The number of hydrogen-bond acceptors (Lipinski definition) is 3. The van der Waals surface area contributed by atoms with Crippen LogP contribution in [0.15, 0.2) is 10.5 Å². The molecule has 5 nitrogen and oxygen atoms in total. The molecule has 1 fully saturated rings. The van der Waals surface area contributed by atoms with E-state index < -0.39 is 5.97 Å². The highest BCUT2D eigenvalue weighted by Crippen LogP contribution is 2.24. The van der Waals surface area contributed by atoms with E-state index in [-0.39, 0.29) is 11.7 Å². The van der Waals surface area contributed by atoms with E-state index in [4.69, 9.17) is 9.52 Å². The maximum Gasteiger partial charge on any atom is 0.371 e. The molecule has 2 rings (SSSR count). The number of nitrogens with zero attached hydrogens (tertiary/aromatic N) is 1. The summed E-state index contributed by atoms with van der Waals surface area (Å²) in [5, 5.41) is 8.84. The molecule has 2 heterocycles. The molecule has 5 heteroatoms. The molecule has 1 atom stereocenters. The van der Waals surface area contributed by atoms with Gasteiger partial charge in [-0.2, -0.15) is 0 Å². The predicted molar refractivity (Wildman–Crippen MR) is 64.2 cm³/mol. The fraction of sp³-hybridized carbons (Fsp3) is 0.538. The molecule has 1 N–H and O–H groups in total. The Morgan fingerprint density at radius 3 is 2.83 bits per heavy atom. The number of likely N-dealkylation sites (tertiary alicyclic amines) is 1. The molecule has 0 spiro atoms. The summed E-state index contributed by atoms with van der Waals surface area (Å²) in [5.41, 5.74) is 0.775. The van der Waals surface area contributed by atoms with Crippen LogP contribution in [0.4, 0.5) is 0 Å². The quantitative estimate of drug-likeness (QED) is 0.889. The fourth-order valence-corrected chi connectivity index (χ4v) is 2.27. The molecule has 1 aromatic rings. The van der Waals surface area contributed by atoms with Gasteiger partial charge in [0, 0.05) is 25.1 Å². The fourth-order valence-electron chi connectivity index (χ4n) is 2.27. The minimum Gasteiger partial charge on any atom is -0.475 e. The van der Waals surface area contributed by atoms with E-state index in [9.17, 15) is 9.59 Å². The molecule has 0 aliphatic carbocycles. The highest BCUT2D eigenvalue weighted by molar-refractivity contribution is 5.84. The molecule has 18 heavy (non-hydrogen) atoms. The van der Waals surface area contributed by atoms with Crippen molar-refractivity contribution in [1.82, 2.24) is 4.90 Å². The molecule has 1 aromatic heterocycles. The highest BCUT2D eigenvalue weighted by atomic mass is 16.4. The Kier molecular flexibility index (Phi) is 3.41. The van der Waals surface area contributed by atoms with Crippen LogP contribution >= 0.6 is 0 Å². The van der Waals surface area contributed by atoms with Crippen LogP contribution in [0.1, 0.15) is 41.6 Å². The maximum atomic E-state index is 11.8. The molecule has 98 valence electrons. The summed E-state index contributed by atoms with van der Waals surface area (Å²) in [6.07, 6.45) is 1.59. The summed E-state index contributed by atoms with van der Waals surface area (Å²) in [7, 11) is 0. The molecule has 0 saturated carbocycles. The SMILES string of the molecule is CCC1CC(=O)N(Cc2cc(C(=O)O)oc2C)C1. The maximum absolute atomic E-state index is 11.8. The van der Waals surface area contributed by atoms with Gasteiger partial charge in [-0.05, 0) is 18.9 Å². The summed E-state index contributed by atoms with van der Waals surface area (Å²) in [6, 6.07) is 1.50. The van der Waals surface area contributed by atoms with Gasteiger partial charge in [0.15, 0.2) is 0 Å². The molecule has 1 amide bonds. The first-order chi connectivity index (χ1) is 8.51. The van der Waals surface area contributed by atoms with Gasteiger partial charge in [-0.3, -0.25) is 4.79 Å². The summed E-state index contributed by atoms with van der Waals surface area (Å²) < 4.78 is 5.14. The summed E-state index contributed by atoms with van der Waals surface area (Å²) in [5.74, 6) is -0.0205. The third kappa shape index (κ3) is 2.39. The van der Waals surface area contributed by atoms with E-state index in [0.29, 0.717) is 24.6 Å². The van der Waals surface area contributed by atoms with Crippen LogP contribution in [0, 0.1) is 12.8 Å². The molecular weight excluding hydrogens is 234 g/mol. The monoisotopic (exact) mass is 251 g/mol. The Hall–Kier alpha value is -1.78. The van der Waals surface area contributed by atoms with E-state index >= 15 is 0 Å². The smallest absolute Gasteiger partial charge is 0.371 e. The second-order valence-electron chi connectivity index (χ2n) is 4.75. The molecule has 1 aliphatic rings. The van der Waals surface area contributed by atoms with Crippen molar-refractivity contribution in [3.05, 3.63) is 23.2 Å². The minimum absolute atomic E-state index is 0.0683. The molecule has 0 radical (unpaired) electrons. The first kappa shape index (κ1) is 12.7. The zero-order chi connectivity index (χ0) is 13.3. The van der Waals surface area contributed by atoms with Gasteiger partial charge in [0.05, 0.1) is 0 Å².